The van der Waals surface area contributed by atoms with E-state index in [1.54, 1.807) is 24.3 Å². The van der Waals surface area contributed by atoms with E-state index in [-0.39, 0.29) is 30.6 Å². The molecule has 0 aliphatic carbocycles. The molecule has 0 saturated heterocycles. The molecule has 0 radical (unpaired) electrons. The number of halogens is 1. The molecule has 0 aliphatic heterocycles. The first-order valence-electron chi connectivity index (χ1n) is 14.4. The number of amides is 2. The number of hydrogen-bond acceptors (Lipinski definition) is 7. The normalized spacial score (nSPS) is 11.0. The van der Waals surface area contributed by atoms with Gasteiger partial charge >= 0.3 is 5.91 Å². The van der Waals surface area contributed by atoms with E-state index in [1.165, 1.54) is 13.3 Å². The van der Waals surface area contributed by atoms with Gasteiger partial charge in [0.2, 0.25) is 0 Å². The molecule has 3 aromatic carbocycles. The van der Waals surface area contributed by atoms with Crippen molar-refractivity contribution in [3.05, 3.63) is 123 Å². The summed E-state index contributed by atoms with van der Waals surface area (Å²) >= 11 is 3.44. The molecule has 2 amide bonds. The third-order valence-corrected chi connectivity index (χ3v) is 7.41. The van der Waals surface area contributed by atoms with E-state index in [0.717, 1.165) is 22.6 Å². The Balaban J connectivity index is 1.17. The van der Waals surface area contributed by atoms with Gasteiger partial charge < -0.3 is 28.5 Å². The van der Waals surface area contributed by atoms with Crippen molar-refractivity contribution >= 4 is 39.6 Å². The van der Waals surface area contributed by atoms with Crippen molar-refractivity contribution in [2.45, 2.75) is 27.4 Å². The quantitative estimate of drug-likeness (QED) is 0.107. The summed E-state index contributed by atoms with van der Waals surface area (Å²) in [5.74, 6) is 0.992. The van der Waals surface area contributed by atoms with E-state index in [2.05, 4.69) is 62.3 Å². The second-order valence-corrected chi connectivity index (χ2v) is 11.3. The van der Waals surface area contributed by atoms with Gasteiger partial charge in [0.25, 0.3) is 5.91 Å². The number of carbonyl (C=O) groups excluding carboxylic acids is 2. The summed E-state index contributed by atoms with van der Waals surface area (Å²) in [6.45, 7) is 5.97. The van der Waals surface area contributed by atoms with Crippen LogP contribution in [0.15, 0.2) is 98.9 Å². The number of nitrogens with zero attached hydrogens (tertiary/aromatic N) is 2. The zero-order valence-corrected chi connectivity index (χ0v) is 27.4. The maximum absolute atomic E-state index is 12.7. The van der Waals surface area contributed by atoms with Gasteiger partial charge in [-0.15, -0.1) is 0 Å². The number of aromatic nitrogens is 1. The molecule has 2 aromatic heterocycles. The van der Waals surface area contributed by atoms with Crippen LogP contribution < -0.4 is 25.0 Å². The van der Waals surface area contributed by atoms with Crippen LogP contribution in [0.4, 0.5) is 5.69 Å². The summed E-state index contributed by atoms with van der Waals surface area (Å²) < 4.78 is 25.7. The number of furan rings is 1. The molecular formula is C35H33BrN4O6. The monoisotopic (exact) mass is 684 g/mol. The van der Waals surface area contributed by atoms with Crippen molar-refractivity contribution in [1.29, 1.82) is 0 Å². The minimum atomic E-state index is -0.550. The zero-order chi connectivity index (χ0) is 32.6. The Morgan fingerprint density at radius 1 is 0.913 bits per heavy atom. The first-order valence-corrected chi connectivity index (χ1v) is 15.2. The Labute approximate surface area is 275 Å². The van der Waals surface area contributed by atoms with Gasteiger partial charge in [-0.3, -0.25) is 9.59 Å². The fraction of sp³-hybridized carbons (Fsp3) is 0.171. The lowest BCUT2D eigenvalue weighted by atomic mass is 10.2. The number of hydrazone groups is 1. The topological polar surface area (TPSA) is 116 Å². The van der Waals surface area contributed by atoms with Crippen molar-refractivity contribution in [2.24, 2.45) is 5.10 Å². The Kier molecular flexibility index (Phi) is 10.2. The van der Waals surface area contributed by atoms with E-state index in [4.69, 9.17) is 18.6 Å². The van der Waals surface area contributed by atoms with Gasteiger partial charge in [-0.05, 0) is 93.6 Å². The lowest BCUT2D eigenvalue weighted by Crippen LogP contribution is -2.21. The fourth-order valence-corrected chi connectivity index (χ4v) is 5.13. The molecule has 11 heteroatoms. The van der Waals surface area contributed by atoms with Crippen LogP contribution >= 0.6 is 15.9 Å². The molecule has 0 bridgehead atoms. The van der Waals surface area contributed by atoms with Crippen LogP contribution in [0.5, 0.6) is 17.2 Å². The number of nitrogens with one attached hydrogen (secondary N) is 2. The predicted octanol–water partition coefficient (Wildman–Crippen LogP) is 7.13. The average molecular weight is 686 g/mol. The number of rotatable bonds is 12. The van der Waals surface area contributed by atoms with Crippen LogP contribution in [0.25, 0.3) is 5.69 Å². The molecule has 0 unspecified atom stereocenters. The number of ether oxygens (including phenoxy) is 3. The summed E-state index contributed by atoms with van der Waals surface area (Å²) in [7, 11) is 1.49. The molecule has 2 N–H and O–H groups in total. The van der Waals surface area contributed by atoms with E-state index in [1.807, 2.05) is 55.5 Å². The van der Waals surface area contributed by atoms with Gasteiger partial charge in [0.15, 0.2) is 23.9 Å². The predicted molar refractivity (Wildman–Crippen MR) is 179 cm³/mol. The molecule has 5 rings (SSSR count). The smallest absolute Gasteiger partial charge is 0.307 e. The van der Waals surface area contributed by atoms with Gasteiger partial charge in [0, 0.05) is 32.8 Å². The van der Waals surface area contributed by atoms with Gasteiger partial charge in [0.1, 0.15) is 18.1 Å². The number of benzene rings is 3. The van der Waals surface area contributed by atoms with E-state index in [9.17, 15) is 9.59 Å². The maximum atomic E-state index is 12.7. The highest BCUT2D eigenvalue weighted by Gasteiger charge is 2.15. The molecule has 0 aliphatic rings. The Morgan fingerprint density at radius 3 is 2.33 bits per heavy atom. The summed E-state index contributed by atoms with van der Waals surface area (Å²) in [4.78, 5) is 25.3. The second kappa shape index (κ2) is 14.7. The Hall–Kier alpha value is -5.29. The highest BCUT2D eigenvalue weighted by Crippen LogP contribution is 2.34. The number of methoxy groups -OCH3 is 1. The third kappa shape index (κ3) is 8.05. The van der Waals surface area contributed by atoms with Crippen molar-refractivity contribution in [1.82, 2.24) is 9.99 Å². The fourth-order valence-electron chi connectivity index (χ4n) is 4.68. The molecule has 236 valence electrons. The zero-order valence-electron chi connectivity index (χ0n) is 25.8. The lowest BCUT2D eigenvalue weighted by molar-refractivity contribution is -0.118. The van der Waals surface area contributed by atoms with Crippen LogP contribution in [0, 0.1) is 20.8 Å². The third-order valence-electron chi connectivity index (χ3n) is 6.95. The van der Waals surface area contributed by atoms with Crippen molar-refractivity contribution in [3.8, 4) is 22.9 Å². The number of carbonyl (C=O) groups is 2. The second-order valence-electron chi connectivity index (χ2n) is 10.4. The standard InChI is InChI=1S/C35H33BrN4O6/c1-22-5-9-27(10-6-22)38-33(41)21-45-34-25(17-26(36)18-32(34)43-4)19-37-39-35(42)31-16-15-30(46-31)20-44-29-13-11-28(12-14-29)40-23(2)7-8-24(40)3/h5-19H,20-21H2,1-4H3,(H,38,41)(H,39,42). The summed E-state index contributed by atoms with van der Waals surface area (Å²) in [5.41, 5.74) is 8.02. The van der Waals surface area contributed by atoms with Crippen LogP contribution in [0.3, 0.4) is 0 Å². The van der Waals surface area contributed by atoms with Gasteiger partial charge in [-0.25, -0.2) is 5.43 Å². The van der Waals surface area contributed by atoms with Crippen LogP contribution in [-0.2, 0) is 11.4 Å². The SMILES string of the molecule is COc1cc(Br)cc(C=NNC(=O)c2ccc(COc3ccc(-n4c(C)ccc4C)cc3)o2)c1OCC(=O)Nc1ccc(C)cc1. The molecular weight excluding hydrogens is 652 g/mol. The molecule has 10 nitrogen and oxygen atoms in total. The van der Waals surface area contributed by atoms with Crippen molar-refractivity contribution < 1.29 is 28.2 Å². The number of hydrogen-bond donors (Lipinski definition) is 2. The largest absolute Gasteiger partial charge is 0.493 e. The van der Waals surface area contributed by atoms with E-state index < -0.39 is 5.91 Å². The van der Waals surface area contributed by atoms with Crippen LogP contribution in [-0.4, -0.2) is 36.3 Å². The highest BCUT2D eigenvalue weighted by atomic mass is 79.9. The molecule has 0 spiro atoms. The molecule has 2 heterocycles. The highest BCUT2D eigenvalue weighted by molar-refractivity contribution is 9.10. The molecule has 0 fully saturated rings. The van der Waals surface area contributed by atoms with Crippen LogP contribution in [0.1, 0.15) is 38.8 Å². The minimum absolute atomic E-state index is 0.0701. The number of anilines is 1. The average Bonchev–Trinajstić information content (AvgIpc) is 3.66. The minimum Gasteiger partial charge on any atom is -0.493 e. The Bertz CT molecular complexity index is 1840. The van der Waals surface area contributed by atoms with E-state index >= 15 is 0 Å². The van der Waals surface area contributed by atoms with Gasteiger partial charge in [0.05, 0.1) is 13.3 Å². The van der Waals surface area contributed by atoms with Gasteiger partial charge in [-0.2, -0.15) is 5.10 Å². The first-order chi connectivity index (χ1) is 22.2. The summed E-state index contributed by atoms with van der Waals surface area (Å²) in [6.07, 6.45) is 1.39. The molecule has 0 saturated carbocycles. The van der Waals surface area contributed by atoms with Crippen LogP contribution in [0.2, 0.25) is 0 Å². The van der Waals surface area contributed by atoms with Crippen molar-refractivity contribution in [3.63, 3.8) is 0 Å². The van der Waals surface area contributed by atoms with Gasteiger partial charge in [-0.1, -0.05) is 33.6 Å². The van der Waals surface area contributed by atoms with Crippen molar-refractivity contribution in [2.75, 3.05) is 19.0 Å². The Morgan fingerprint density at radius 2 is 1.63 bits per heavy atom. The first kappa shape index (κ1) is 32.1. The molecule has 46 heavy (non-hydrogen) atoms. The summed E-state index contributed by atoms with van der Waals surface area (Å²) in [5, 5.41) is 6.86. The lowest BCUT2D eigenvalue weighted by Gasteiger charge is -2.14. The molecule has 0 atom stereocenters. The van der Waals surface area contributed by atoms with E-state index in [0.29, 0.717) is 33.0 Å². The number of aryl methyl sites for hydroxylation is 3. The molecule has 5 aromatic rings. The maximum Gasteiger partial charge on any atom is 0.307 e. The summed E-state index contributed by atoms with van der Waals surface area (Å²) in [6, 6.07) is 26.0.